The van der Waals surface area contributed by atoms with Crippen LogP contribution in [0, 0.1) is 0 Å². The van der Waals surface area contributed by atoms with Crippen molar-refractivity contribution in [2.75, 3.05) is 13.1 Å². The highest BCUT2D eigenvalue weighted by Crippen LogP contribution is 2.26. The summed E-state index contributed by atoms with van der Waals surface area (Å²) in [6.07, 6.45) is 1.10. The van der Waals surface area contributed by atoms with Crippen molar-refractivity contribution in [2.24, 2.45) is 0 Å². The molecule has 1 amide bonds. The van der Waals surface area contributed by atoms with Crippen LogP contribution in [0.1, 0.15) is 18.4 Å². The van der Waals surface area contributed by atoms with Crippen molar-refractivity contribution in [3.05, 3.63) is 75.8 Å². The van der Waals surface area contributed by atoms with Crippen LogP contribution in [0.5, 0.6) is 0 Å². The molecule has 3 aromatic rings. The van der Waals surface area contributed by atoms with Gasteiger partial charge in [-0.2, -0.15) is 0 Å². The summed E-state index contributed by atoms with van der Waals surface area (Å²) < 4.78 is 1.32. The number of fused-ring (bicyclic) bond motifs is 1. The van der Waals surface area contributed by atoms with Crippen molar-refractivity contribution in [1.29, 1.82) is 0 Å². The SMILES string of the molecule is O=C(Cc1ccccc1)N1CCC(O)(Cn2c(Cl)nc3ccccc3c2=O)CC1. The number of nitrogens with zero attached hydrogens (tertiary/aromatic N) is 3. The number of aromatic nitrogens is 2. The van der Waals surface area contributed by atoms with Crippen LogP contribution in [0.2, 0.25) is 5.28 Å². The maximum Gasteiger partial charge on any atom is 0.262 e. The molecule has 1 saturated heterocycles. The van der Waals surface area contributed by atoms with Gasteiger partial charge in [0.05, 0.1) is 29.5 Å². The Bertz CT molecular complexity index is 1090. The van der Waals surface area contributed by atoms with E-state index >= 15 is 0 Å². The van der Waals surface area contributed by atoms with E-state index in [2.05, 4.69) is 4.98 Å². The fourth-order valence-electron chi connectivity index (χ4n) is 3.79. The standard InChI is InChI=1S/C22H22ClN3O3/c23-21-24-18-9-5-4-8-17(18)20(28)26(21)15-22(29)10-12-25(13-11-22)19(27)14-16-6-2-1-3-7-16/h1-9,29H,10-15H2. The van der Waals surface area contributed by atoms with Crippen molar-refractivity contribution in [1.82, 2.24) is 14.5 Å². The Kier molecular flexibility index (Phi) is 5.39. The van der Waals surface area contributed by atoms with Crippen molar-refractivity contribution < 1.29 is 9.90 Å². The number of likely N-dealkylation sites (tertiary alicyclic amines) is 1. The van der Waals surface area contributed by atoms with Crippen LogP contribution in [0.4, 0.5) is 0 Å². The van der Waals surface area contributed by atoms with E-state index in [1.807, 2.05) is 30.3 Å². The van der Waals surface area contributed by atoms with Gasteiger partial charge in [0.15, 0.2) is 0 Å². The van der Waals surface area contributed by atoms with Gasteiger partial charge in [-0.3, -0.25) is 14.2 Å². The lowest BCUT2D eigenvalue weighted by Gasteiger charge is -2.38. The largest absolute Gasteiger partial charge is 0.388 e. The van der Waals surface area contributed by atoms with E-state index in [1.54, 1.807) is 29.2 Å². The number of carbonyl (C=O) groups excluding carboxylic acids is 1. The van der Waals surface area contributed by atoms with E-state index in [4.69, 9.17) is 11.6 Å². The minimum Gasteiger partial charge on any atom is -0.388 e. The lowest BCUT2D eigenvalue weighted by Crippen LogP contribution is -2.50. The first kappa shape index (κ1) is 19.6. The summed E-state index contributed by atoms with van der Waals surface area (Å²) in [6.45, 7) is 0.939. The molecule has 0 radical (unpaired) electrons. The zero-order valence-electron chi connectivity index (χ0n) is 15.9. The van der Waals surface area contributed by atoms with Crippen LogP contribution in [0.3, 0.4) is 0 Å². The molecule has 6 nitrogen and oxygen atoms in total. The lowest BCUT2D eigenvalue weighted by atomic mass is 9.91. The summed E-state index contributed by atoms with van der Waals surface area (Å²) in [5.74, 6) is 0.0424. The third kappa shape index (κ3) is 4.18. The molecule has 1 N–H and O–H groups in total. The van der Waals surface area contributed by atoms with Crippen LogP contribution in [-0.4, -0.2) is 44.2 Å². The molecule has 0 atom stereocenters. The number of halogens is 1. The first-order valence-corrected chi connectivity index (χ1v) is 10.0. The number of benzene rings is 2. The minimum atomic E-state index is -1.11. The van der Waals surface area contributed by atoms with E-state index < -0.39 is 5.60 Å². The van der Waals surface area contributed by atoms with Gasteiger partial charge in [-0.1, -0.05) is 42.5 Å². The number of hydrogen-bond donors (Lipinski definition) is 1. The molecule has 0 saturated carbocycles. The van der Waals surface area contributed by atoms with Crippen molar-refractivity contribution in [3.63, 3.8) is 0 Å². The predicted molar refractivity (Wildman–Crippen MR) is 112 cm³/mol. The molecule has 4 rings (SSSR count). The van der Waals surface area contributed by atoms with Gasteiger partial charge < -0.3 is 10.0 Å². The van der Waals surface area contributed by atoms with Crippen molar-refractivity contribution in [3.8, 4) is 0 Å². The van der Waals surface area contributed by atoms with E-state index in [9.17, 15) is 14.7 Å². The van der Waals surface area contributed by atoms with Crippen molar-refractivity contribution >= 4 is 28.4 Å². The second kappa shape index (κ2) is 7.97. The maximum absolute atomic E-state index is 12.8. The number of hydrogen-bond acceptors (Lipinski definition) is 4. The molecule has 0 aliphatic carbocycles. The number of rotatable bonds is 4. The summed E-state index contributed by atoms with van der Waals surface area (Å²) in [6, 6.07) is 16.6. The fraction of sp³-hybridized carbons (Fsp3) is 0.318. The van der Waals surface area contributed by atoms with Gasteiger partial charge in [-0.25, -0.2) is 4.98 Å². The predicted octanol–water partition coefficient (Wildman–Crippen LogP) is 2.65. The number of amides is 1. The van der Waals surface area contributed by atoms with Crippen LogP contribution in [0.15, 0.2) is 59.4 Å². The van der Waals surface area contributed by atoms with Crippen LogP contribution in [0.25, 0.3) is 10.9 Å². The molecule has 1 fully saturated rings. The van der Waals surface area contributed by atoms with E-state index in [0.717, 1.165) is 5.56 Å². The molecule has 7 heteroatoms. The monoisotopic (exact) mass is 411 g/mol. The Morgan fingerprint density at radius 3 is 2.45 bits per heavy atom. The third-order valence-corrected chi connectivity index (χ3v) is 5.80. The summed E-state index contributed by atoms with van der Waals surface area (Å²) in [4.78, 5) is 31.4. The quantitative estimate of drug-likeness (QED) is 0.670. The Morgan fingerprint density at radius 1 is 1.07 bits per heavy atom. The second-order valence-electron chi connectivity index (χ2n) is 7.56. The topological polar surface area (TPSA) is 75.4 Å². The van der Waals surface area contributed by atoms with E-state index in [-0.39, 0.29) is 23.3 Å². The average molecular weight is 412 g/mol. The molecule has 1 aliphatic heterocycles. The number of aliphatic hydroxyl groups is 1. The molecular weight excluding hydrogens is 390 g/mol. The van der Waals surface area contributed by atoms with Gasteiger partial charge in [0.1, 0.15) is 0 Å². The Labute approximate surface area is 173 Å². The lowest BCUT2D eigenvalue weighted by molar-refractivity contribution is -0.135. The summed E-state index contributed by atoms with van der Waals surface area (Å²) in [7, 11) is 0. The molecule has 1 aliphatic rings. The summed E-state index contributed by atoms with van der Waals surface area (Å²) >= 11 is 6.24. The van der Waals surface area contributed by atoms with Gasteiger partial charge in [0.25, 0.3) is 5.56 Å². The smallest absolute Gasteiger partial charge is 0.262 e. The van der Waals surface area contributed by atoms with Gasteiger partial charge in [-0.15, -0.1) is 0 Å². The number of carbonyl (C=O) groups is 1. The molecule has 0 spiro atoms. The molecular formula is C22H22ClN3O3. The second-order valence-corrected chi connectivity index (χ2v) is 7.89. The number of piperidine rings is 1. The Balaban J connectivity index is 1.46. The normalized spacial score (nSPS) is 16.1. The molecule has 0 unspecified atom stereocenters. The van der Waals surface area contributed by atoms with Gasteiger partial charge in [-0.05, 0) is 42.1 Å². The van der Waals surface area contributed by atoms with Crippen LogP contribution in [-0.2, 0) is 17.8 Å². The number of para-hydroxylation sites is 1. The van der Waals surface area contributed by atoms with E-state index in [0.29, 0.717) is 43.3 Å². The molecule has 1 aromatic heterocycles. The average Bonchev–Trinajstić information content (AvgIpc) is 2.72. The Morgan fingerprint density at radius 2 is 1.72 bits per heavy atom. The maximum atomic E-state index is 12.8. The Hall–Kier alpha value is -2.70. The molecule has 150 valence electrons. The molecule has 2 aromatic carbocycles. The van der Waals surface area contributed by atoms with E-state index in [1.165, 1.54) is 4.57 Å². The first-order chi connectivity index (χ1) is 14.0. The molecule has 0 bridgehead atoms. The summed E-state index contributed by atoms with van der Waals surface area (Å²) in [5, 5.41) is 11.6. The molecule has 29 heavy (non-hydrogen) atoms. The molecule has 2 heterocycles. The van der Waals surface area contributed by atoms with Crippen molar-refractivity contribution in [2.45, 2.75) is 31.4 Å². The van der Waals surface area contributed by atoms with Crippen LogP contribution < -0.4 is 5.56 Å². The van der Waals surface area contributed by atoms with Gasteiger partial charge in [0.2, 0.25) is 11.2 Å². The third-order valence-electron chi connectivity index (χ3n) is 5.51. The van der Waals surface area contributed by atoms with Crippen LogP contribution >= 0.6 is 11.6 Å². The zero-order valence-corrected chi connectivity index (χ0v) is 16.7. The highest BCUT2D eigenvalue weighted by atomic mass is 35.5. The fourth-order valence-corrected chi connectivity index (χ4v) is 4.01. The minimum absolute atomic E-state index is 0.0424. The summed E-state index contributed by atoms with van der Waals surface area (Å²) in [5.41, 5.74) is 0.129. The zero-order chi connectivity index (χ0) is 20.4. The highest BCUT2D eigenvalue weighted by Gasteiger charge is 2.35. The first-order valence-electron chi connectivity index (χ1n) is 9.64. The van der Waals surface area contributed by atoms with Gasteiger partial charge >= 0.3 is 0 Å². The van der Waals surface area contributed by atoms with Gasteiger partial charge in [0, 0.05) is 13.1 Å². The highest BCUT2D eigenvalue weighted by molar-refractivity contribution is 6.28.